The van der Waals surface area contributed by atoms with Crippen LogP contribution in [0.1, 0.15) is 38.2 Å². The van der Waals surface area contributed by atoms with E-state index in [0.29, 0.717) is 11.6 Å². The number of nitrogens with zero attached hydrogens (tertiary/aromatic N) is 2. The van der Waals surface area contributed by atoms with E-state index in [1.807, 2.05) is 12.1 Å². The van der Waals surface area contributed by atoms with Gasteiger partial charge < -0.3 is 10.2 Å². The van der Waals surface area contributed by atoms with Crippen LogP contribution in [0.4, 0.5) is 11.4 Å². The smallest absolute Gasteiger partial charge is 0.272 e. The molecule has 1 aliphatic rings. The molecule has 116 valence electrons. The van der Waals surface area contributed by atoms with Crippen LogP contribution in [0.2, 0.25) is 0 Å². The van der Waals surface area contributed by atoms with E-state index in [2.05, 4.69) is 17.1 Å². The topological polar surface area (TPSA) is 58.4 Å². The number of anilines is 1. The molecule has 0 aliphatic carbocycles. The number of nitrogens with one attached hydrogen (secondary N) is 1. The summed E-state index contributed by atoms with van der Waals surface area (Å²) in [6, 6.07) is 5.76. The molecule has 1 aromatic rings. The van der Waals surface area contributed by atoms with E-state index in [-0.39, 0.29) is 10.6 Å². The summed E-state index contributed by atoms with van der Waals surface area (Å²) >= 11 is 0. The van der Waals surface area contributed by atoms with Gasteiger partial charge in [0.2, 0.25) is 0 Å². The van der Waals surface area contributed by atoms with Crippen LogP contribution in [-0.2, 0) is 0 Å². The molecule has 1 fully saturated rings. The van der Waals surface area contributed by atoms with Gasteiger partial charge in [0.25, 0.3) is 5.69 Å². The maximum absolute atomic E-state index is 10.8. The van der Waals surface area contributed by atoms with Gasteiger partial charge in [0.15, 0.2) is 0 Å². The Balaban J connectivity index is 1.95. The van der Waals surface area contributed by atoms with Gasteiger partial charge in [-0.3, -0.25) is 10.1 Å². The van der Waals surface area contributed by atoms with Gasteiger partial charge in [0.1, 0.15) is 0 Å². The highest BCUT2D eigenvalue weighted by Crippen LogP contribution is 2.23. The highest BCUT2D eigenvalue weighted by molar-refractivity contribution is 5.54. The van der Waals surface area contributed by atoms with Crippen molar-refractivity contribution in [1.82, 2.24) is 4.90 Å². The molecule has 1 aliphatic heterocycles. The molecule has 1 heterocycles. The normalized spacial score (nSPS) is 20.0. The second kappa shape index (κ2) is 7.41. The van der Waals surface area contributed by atoms with Gasteiger partial charge in [-0.1, -0.05) is 6.92 Å². The largest absolute Gasteiger partial charge is 0.382 e. The summed E-state index contributed by atoms with van der Waals surface area (Å²) in [5.41, 5.74) is 1.90. The standard InChI is InChI=1S/C16H25N3O2/c1-3-9-18-10-4-5-14(8-11-18)17-15-6-7-16(19(20)21)13(2)12-15/h6-7,12,14,17H,3-5,8-11H2,1-2H3. The Hall–Kier alpha value is -1.62. The first-order valence-electron chi connectivity index (χ1n) is 7.84. The van der Waals surface area contributed by atoms with Crippen LogP contribution in [0.15, 0.2) is 18.2 Å². The third-order valence-electron chi connectivity index (χ3n) is 4.12. The van der Waals surface area contributed by atoms with Crippen molar-refractivity contribution in [3.8, 4) is 0 Å². The van der Waals surface area contributed by atoms with Crippen molar-refractivity contribution in [2.45, 2.75) is 45.6 Å². The SMILES string of the molecule is CCCN1CCCC(Nc2ccc([N+](=O)[O-])c(C)c2)CC1. The molecule has 1 saturated heterocycles. The van der Waals surface area contributed by atoms with E-state index in [9.17, 15) is 10.1 Å². The molecule has 0 spiro atoms. The van der Waals surface area contributed by atoms with Gasteiger partial charge in [-0.25, -0.2) is 0 Å². The summed E-state index contributed by atoms with van der Waals surface area (Å²) in [4.78, 5) is 13.1. The molecule has 1 atom stereocenters. The molecule has 0 saturated carbocycles. The quantitative estimate of drug-likeness (QED) is 0.665. The van der Waals surface area contributed by atoms with Crippen molar-refractivity contribution in [2.75, 3.05) is 25.0 Å². The van der Waals surface area contributed by atoms with E-state index in [0.717, 1.165) is 25.1 Å². The van der Waals surface area contributed by atoms with E-state index >= 15 is 0 Å². The van der Waals surface area contributed by atoms with E-state index < -0.39 is 0 Å². The van der Waals surface area contributed by atoms with Crippen molar-refractivity contribution in [3.63, 3.8) is 0 Å². The molecule has 5 nitrogen and oxygen atoms in total. The summed E-state index contributed by atoms with van der Waals surface area (Å²) in [5, 5.41) is 14.4. The lowest BCUT2D eigenvalue weighted by atomic mass is 10.1. The highest BCUT2D eigenvalue weighted by Gasteiger charge is 2.17. The third kappa shape index (κ3) is 4.43. The summed E-state index contributed by atoms with van der Waals surface area (Å²) < 4.78 is 0. The Labute approximate surface area is 126 Å². The fourth-order valence-corrected chi connectivity index (χ4v) is 3.03. The van der Waals surface area contributed by atoms with Crippen LogP contribution in [0.25, 0.3) is 0 Å². The number of hydrogen-bond acceptors (Lipinski definition) is 4. The molecule has 1 N–H and O–H groups in total. The average Bonchev–Trinajstić information content (AvgIpc) is 2.65. The van der Waals surface area contributed by atoms with Crippen LogP contribution < -0.4 is 5.32 Å². The molecular weight excluding hydrogens is 266 g/mol. The van der Waals surface area contributed by atoms with Gasteiger partial charge in [-0.2, -0.15) is 0 Å². The Morgan fingerprint density at radius 1 is 1.38 bits per heavy atom. The van der Waals surface area contributed by atoms with Crippen LogP contribution in [0.3, 0.4) is 0 Å². The fraction of sp³-hybridized carbons (Fsp3) is 0.625. The van der Waals surface area contributed by atoms with Crippen molar-refractivity contribution >= 4 is 11.4 Å². The van der Waals surface area contributed by atoms with E-state index in [4.69, 9.17) is 0 Å². The van der Waals surface area contributed by atoms with Crippen LogP contribution in [-0.4, -0.2) is 35.5 Å². The molecule has 0 amide bonds. The van der Waals surface area contributed by atoms with Gasteiger partial charge >= 0.3 is 0 Å². The number of nitro groups is 1. The fourth-order valence-electron chi connectivity index (χ4n) is 3.03. The Bertz CT molecular complexity index is 490. The zero-order chi connectivity index (χ0) is 15.2. The minimum absolute atomic E-state index is 0.190. The molecule has 1 unspecified atom stereocenters. The summed E-state index contributed by atoms with van der Waals surface area (Å²) in [5.74, 6) is 0. The van der Waals surface area contributed by atoms with Crippen LogP contribution in [0.5, 0.6) is 0 Å². The Morgan fingerprint density at radius 3 is 2.86 bits per heavy atom. The maximum atomic E-state index is 10.8. The molecule has 0 radical (unpaired) electrons. The molecule has 0 bridgehead atoms. The lowest BCUT2D eigenvalue weighted by molar-refractivity contribution is -0.385. The lowest BCUT2D eigenvalue weighted by Gasteiger charge is -2.20. The summed E-state index contributed by atoms with van der Waals surface area (Å²) in [6.07, 6.45) is 4.72. The summed E-state index contributed by atoms with van der Waals surface area (Å²) in [7, 11) is 0. The highest BCUT2D eigenvalue weighted by atomic mass is 16.6. The number of rotatable bonds is 5. The van der Waals surface area contributed by atoms with E-state index in [1.165, 1.54) is 25.9 Å². The van der Waals surface area contributed by atoms with Gasteiger partial charge in [-0.15, -0.1) is 0 Å². The molecule has 2 rings (SSSR count). The molecule has 21 heavy (non-hydrogen) atoms. The minimum atomic E-state index is -0.326. The number of likely N-dealkylation sites (tertiary alicyclic amines) is 1. The van der Waals surface area contributed by atoms with Gasteiger partial charge in [0.05, 0.1) is 4.92 Å². The monoisotopic (exact) mass is 291 g/mol. The maximum Gasteiger partial charge on any atom is 0.272 e. The summed E-state index contributed by atoms with van der Waals surface area (Å²) in [6.45, 7) is 7.52. The number of hydrogen-bond donors (Lipinski definition) is 1. The molecule has 0 aromatic heterocycles. The van der Waals surface area contributed by atoms with Crippen molar-refractivity contribution in [2.24, 2.45) is 0 Å². The van der Waals surface area contributed by atoms with Crippen LogP contribution >= 0.6 is 0 Å². The predicted molar refractivity (Wildman–Crippen MR) is 85.8 cm³/mol. The molecule has 5 heteroatoms. The number of benzene rings is 1. The minimum Gasteiger partial charge on any atom is -0.382 e. The van der Waals surface area contributed by atoms with Gasteiger partial charge in [-0.05, 0) is 57.8 Å². The zero-order valence-corrected chi connectivity index (χ0v) is 13.0. The Morgan fingerprint density at radius 2 is 2.19 bits per heavy atom. The first kappa shape index (κ1) is 15.8. The third-order valence-corrected chi connectivity index (χ3v) is 4.12. The van der Waals surface area contributed by atoms with Crippen LogP contribution in [0, 0.1) is 17.0 Å². The second-order valence-corrected chi connectivity index (χ2v) is 5.87. The second-order valence-electron chi connectivity index (χ2n) is 5.87. The van der Waals surface area contributed by atoms with Gasteiger partial charge in [0, 0.05) is 29.9 Å². The first-order chi connectivity index (χ1) is 10.1. The van der Waals surface area contributed by atoms with Crippen molar-refractivity contribution in [1.29, 1.82) is 0 Å². The van der Waals surface area contributed by atoms with Crippen molar-refractivity contribution in [3.05, 3.63) is 33.9 Å². The average molecular weight is 291 g/mol. The number of nitro benzene ring substituents is 1. The predicted octanol–water partition coefficient (Wildman–Crippen LogP) is 3.58. The molecular formula is C16H25N3O2. The zero-order valence-electron chi connectivity index (χ0n) is 13.0. The molecule has 1 aromatic carbocycles. The number of aryl methyl sites for hydroxylation is 1. The van der Waals surface area contributed by atoms with Crippen molar-refractivity contribution < 1.29 is 4.92 Å². The lowest BCUT2D eigenvalue weighted by Crippen LogP contribution is -2.27. The van der Waals surface area contributed by atoms with E-state index in [1.54, 1.807) is 13.0 Å². The Kier molecular flexibility index (Phi) is 5.56. The first-order valence-corrected chi connectivity index (χ1v) is 7.84.